The molecule has 1 atom stereocenters. The second-order valence-corrected chi connectivity index (χ2v) is 5.51. The number of aliphatic carboxylic acids is 1. The number of nitrogens with zero attached hydrogens (tertiary/aromatic N) is 1. The second kappa shape index (κ2) is 8.61. The summed E-state index contributed by atoms with van der Waals surface area (Å²) in [6, 6.07) is 0.101. The van der Waals surface area contributed by atoms with Crippen molar-refractivity contribution in [2.24, 2.45) is 0 Å². The first-order chi connectivity index (χ1) is 9.88. The van der Waals surface area contributed by atoms with Crippen LogP contribution in [0.4, 0.5) is 0 Å². The molecule has 0 aromatic rings. The van der Waals surface area contributed by atoms with Crippen molar-refractivity contribution in [1.29, 1.82) is 0 Å². The van der Waals surface area contributed by atoms with Gasteiger partial charge >= 0.3 is 5.97 Å². The van der Waals surface area contributed by atoms with Crippen molar-refractivity contribution in [1.82, 2.24) is 10.2 Å². The van der Waals surface area contributed by atoms with Crippen molar-refractivity contribution < 1.29 is 24.2 Å². The van der Waals surface area contributed by atoms with E-state index in [2.05, 4.69) is 5.32 Å². The minimum absolute atomic E-state index is 0.0500. The Balaban J connectivity index is 2.28. The first-order valence-electron chi connectivity index (χ1n) is 7.29. The zero-order valence-corrected chi connectivity index (χ0v) is 12.6. The predicted octanol–water partition coefficient (Wildman–Crippen LogP) is 0.383. The van der Waals surface area contributed by atoms with Gasteiger partial charge in [0.2, 0.25) is 11.8 Å². The number of morpholine rings is 1. The molecule has 0 radical (unpaired) electrons. The zero-order valence-electron chi connectivity index (χ0n) is 12.6. The van der Waals surface area contributed by atoms with Crippen LogP contribution in [0.5, 0.6) is 0 Å². The van der Waals surface area contributed by atoms with E-state index in [9.17, 15) is 14.4 Å². The number of amides is 2. The van der Waals surface area contributed by atoms with Crippen LogP contribution >= 0.6 is 0 Å². The SMILES string of the molecule is CC(C)NC(=O)CCCC(=O)N1CCOC(CC(=O)O)C1. The van der Waals surface area contributed by atoms with Gasteiger partial charge < -0.3 is 20.1 Å². The van der Waals surface area contributed by atoms with Crippen molar-refractivity contribution in [2.45, 2.75) is 51.7 Å². The third kappa shape index (κ3) is 7.08. The molecule has 120 valence electrons. The van der Waals surface area contributed by atoms with Crippen LogP contribution in [0.3, 0.4) is 0 Å². The number of nitrogens with one attached hydrogen (secondary N) is 1. The first-order valence-corrected chi connectivity index (χ1v) is 7.29. The molecule has 1 unspecified atom stereocenters. The summed E-state index contributed by atoms with van der Waals surface area (Å²) >= 11 is 0. The Hall–Kier alpha value is -1.63. The van der Waals surface area contributed by atoms with Crippen molar-refractivity contribution >= 4 is 17.8 Å². The molecule has 0 saturated carbocycles. The van der Waals surface area contributed by atoms with E-state index in [4.69, 9.17) is 9.84 Å². The lowest BCUT2D eigenvalue weighted by Gasteiger charge is -2.32. The van der Waals surface area contributed by atoms with Gasteiger partial charge in [-0.1, -0.05) is 0 Å². The van der Waals surface area contributed by atoms with Crippen molar-refractivity contribution in [3.8, 4) is 0 Å². The fourth-order valence-electron chi connectivity index (χ4n) is 2.22. The third-order valence-corrected chi connectivity index (χ3v) is 3.14. The number of hydrogen-bond acceptors (Lipinski definition) is 4. The van der Waals surface area contributed by atoms with Gasteiger partial charge in [-0.15, -0.1) is 0 Å². The highest BCUT2D eigenvalue weighted by Gasteiger charge is 2.25. The van der Waals surface area contributed by atoms with E-state index in [1.807, 2.05) is 13.8 Å². The summed E-state index contributed by atoms with van der Waals surface area (Å²) in [4.78, 5) is 35.8. The Labute approximate surface area is 124 Å². The van der Waals surface area contributed by atoms with Gasteiger partial charge in [0, 0.05) is 32.0 Å². The number of rotatable bonds is 7. The summed E-state index contributed by atoms with van der Waals surface area (Å²) in [7, 11) is 0. The Morgan fingerprint density at radius 3 is 2.67 bits per heavy atom. The summed E-state index contributed by atoms with van der Waals surface area (Å²) in [6.45, 7) is 4.92. The molecule has 1 aliphatic rings. The van der Waals surface area contributed by atoms with Gasteiger partial charge in [0.05, 0.1) is 19.1 Å². The zero-order chi connectivity index (χ0) is 15.8. The quantitative estimate of drug-likeness (QED) is 0.709. The van der Waals surface area contributed by atoms with E-state index < -0.39 is 12.1 Å². The van der Waals surface area contributed by atoms with Crippen LogP contribution < -0.4 is 5.32 Å². The highest BCUT2D eigenvalue weighted by molar-refractivity contribution is 5.79. The Kier molecular flexibility index (Phi) is 7.14. The first kappa shape index (κ1) is 17.4. The highest BCUT2D eigenvalue weighted by Crippen LogP contribution is 2.11. The van der Waals surface area contributed by atoms with E-state index in [0.717, 1.165) is 0 Å². The summed E-state index contributed by atoms with van der Waals surface area (Å²) in [6.07, 6.45) is 0.585. The fourth-order valence-corrected chi connectivity index (χ4v) is 2.22. The molecule has 21 heavy (non-hydrogen) atoms. The Morgan fingerprint density at radius 1 is 1.33 bits per heavy atom. The van der Waals surface area contributed by atoms with E-state index in [1.165, 1.54) is 0 Å². The molecule has 7 nitrogen and oxygen atoms in total. The molecule has 0 aromatic carbocycles. The molecule has 2 N–H and O–H groups in total. The summed E-state index contributed by atoms with van der Waals surface area (Å²) in [5.41, 5.74) is 0. The lowest BCUT2D eigenvalue weighted by molar-refractivity contribution is -0.147. The lowest BCUT2D eigenvalue weighted by Crippen LogP contribution is -2.46. The molecule has 7 heteroatoms. The van der Waals surface area contributed by atoms with Crippen LogP contribution in [0.1, 0.15) is 39.5 Å². The topological polar surface area (TPSA) is 95.9 Å². The molecule has 0 aromatic heterocycles. The van der Waals surface area contributed by atoms with E-state index in [1.54, 1.807) is 4.90 Å². The number of carbonyl (C=O) groups is 3. The molecular weight excluding hydrogens is 276 g/mol. The normalized spacial score (nSPS) is 18.6. The molecule has 1 fully saturated rings. The maximum Gasteiger partial charge on any atom is 0.306 e. The minimum Gasteiger partial charge on any atom is -0.481 e. The number of carbonyl (C=O) groups excluding carboxylic acids is 2. The molecular formula is C14H24N2O5. The second-order valence-electron chi connectivity index (χ2n) is 5.51. The van der Waals surface area contributed by atoms with Crippen LogP contribution in [0, 0.1) is 0 Å². The standard InChI is InChI=1S/C14H24N2O5/c1-10(2)15-12(17)4-3-5-13(18)16-6-7-21-11(9-16)8-14(19)20/h10-11H,3-9H2,1-2H3,(H,15,17)(H,19,20). The molecule has 1 aliphatic heterocycles. The molecule has 0 spiro atoms. The predicted molar refractivity (Wildman–Crippen MR) is 75.7 cm³/mol. The molecule has 1 saturated heterocycles. The lowest BCUT2D eigenvalue weighted by atomic mass is 10.1. The number of hydrogen-bond donors (Lipinski definition) is 2. The third-order valence-electron chi connectivity index (χ3n) is 3.14. The summed E-state index contributed by atoms with van der Waals surface area (Å²) < 4.78 is 5.32. The van der Waals surface area contributed by atoms with Crippen molar-refractivity contribution in [3.63, 3.8) is 0 Å². The average Bonchev–Trinajstić information content (AvgIpc) is 2.37. The molecule has 1 rings (SSSR count). The van der Waals surface area contributed by atoms with Crippen LogP contribution in [0.25, 0.3) is 0 Å². The number of ether oxygens (including phenoxy) is 1. The number of carboxylic acids is 1. The minimum atomic E-state index is -0.931. The average molecular weight is 300 g/mol. The summed E-state index contributed by atoms with van der Waals surface area (Å²) in [5.74, 6) is -1.03. The Morgan fingerprint density at radius 2 is 2.05 bits per heavy atom. The molecule has 0 bridgehead atoms. The largest absolute Gasteiger partial charge is 0.481 e. The van der Waals surface area contributed by atoms with Gasteiger partial charge in [0.1, 0.15) is 0 Å². The van der Waals surface area contributed by atoms with Crippen LogP contribution in [0.2, 0.25) is 0 Å². The molecule has 0 aliphatic carbocycles. The van der Waals surface area contributed by atoms with Gasteiger partial charge in [0.25, 0.3) is 0 Å². The van der Waals surface area contributed by atoms with Gasteiger partial charge in [-0.05, 0) is 20.3 Å². The van der Waals surface area contributed by atoms with Crippen molar-refractivity contribution in [2.75, 3.05) is 19.7 Å². The Bertz CT molecular complexity index is 384. The van der Waals surface area contributed by atoms with E-state index in [-0.39, 0.29) is 24.3 Å². The van der Waals surface area contributed by atoms with Gasteiger partial charge in [-0.3, -0.25) is 14.4 Å². The van der Waals surface area contributed by atoms with Gasteiger partial charge in [-0.2, -0.15) is 0 Å². The monoisotopic (exact) mass is 300 g/mol. The molecule has 1 heterocycles. The van der Waals surface area contributed by atoms with E-state index in [0.29, 0.717) is 39.0 Å². The van der Waals surface area contributed by atoms with Crippen LogP contribution in [-0.2, 0) is 19.1 Å². The molecule has 2 amide bonds. The smallest absolute Gasteiger partial charge is 0.306 e. The maximum absolute atomic E-state index is 12.0. The fraction of sp³-hybridized carbons (Fsp3) is 0.786. The van der Waals surface area contributed by atoms with Crippen LogP contribution in [-0.4, -0.2) is 59.6 Å². The maximum atomic E-state index is 12.0. The number of carboxylic acid groups (broad SMARTS) is 1. The highest BCUT2D eigenvalue weighted by atomic mass is 16.5. The summed E-state index contributed by atoms with van der Waals surface area (Å²) in [5, 5.41) is 11.5. The van der Waals surface area contributed by atoms with Gasteiger partial charge in [-0.25, -0.2) is 0 Å². The van der Waals surface area contributed by atoms with Crippen LogP contribution in [0.15, 0.2) is 0 Å². The van der Waals surface area contributed by atoms with Crippen molar-refractivity contribution in [3.05, 3.63) is 0 Å². The van der Waals surface area contributed by atoms with E-state index >= 15 is 0 Å². The van der Waals surface area contributed by atoms with Gasteiger partial charge in [0.15, 0.2) is 0 Å².